The first-order valence-corrected chi connectivity index (χ1v) is 8.19. The van der Waals surface area contributed by atoms with E-state index >= 15 is 0 Å². The van der Waals surface area contributed by atoms with Gasteiger partial charge in [-0.25, -0.2) is 0 Å². The van der Waals surface area contributed by atoms with Crippen LogP contribution in [0, 0.1) is 15.5 Å². The number of benzene rings is 1. The summed E-state index contributed by atoms with van der Waals surface area (Å²) in [6, 6.07) is 6.36. The normalized spacial score (nSPS) is 24.6. The first kappa shape index (κ1) is 15.9. The molecule has 0 aromatic heterocycles. The molecule has 1 spiro atoms. The minimum absolute atomic E-state index is 0.0231. The van der Waals surface area contributed by atoms with Crippen LogP contribution in [0.3, 0.4) is 0 Å². The highest BCUT2D eigenvalue weighted by atomic mass is 16.6. The average Bonchev–Trinajstić information content (AvgIpc) is 2.44. The molecule has 2 fully saturated rings. The maximum atomic E-state index is 12.2. The summed E-state index contributed by atoms with van der Waals surface area (Å²) in [5.74, 6) is -0.0231. The van der Waals surface area contributed by atoms with Crippen molar-refractivity contribution in [3.05, 3.63) is 39.9 Å². The number of non-ortho nitro benzene ring substituents is 1. The fraction of sp³-hybridized carbons (Fsp3) is 0.588. The van der Waals surface area contributed by atoms with E-state index in [1.54, 1.807) is 12.1 Å². The van der Waals surface area contributed by atoms with E-state index in [9.17, 15) is 14.9 Å². The molecule has 6 nitrogen and oxygen atoms in total. The number of ether oxygens (including phenoxy) is 1. The van der Waals surface area contributed by atoms with Crippen molar-refractivity contribution in [2.75, 3.05) is 6.61 Å². The average molecular weight is 318 g/mol. The largest absolute Gasteiger partial charge is 0.378 e. The minimum Gasteiger partial charge on any atom is -0.378 e. The highest BCUT2D eigenvalue weighted by Gasteiger charge is 2.59. The van der Waals surface area contributed by atoms with Gasteiger partial charge >= 0.3 is 0 Å². The molecule has 0 heterocycles. The molecule has 0 aliphatic heterocycles. The minimum atomic E-state index is -0.438. The maximum absolute atomic E-state index is 12.2. The van der Waals surface area contributed by atoms with Crippen molar-refractivity contribution < 1.29 is 14.5 Å². The molecule has 2 atom stereocenters. The number of hydrogen-bond acceptors (Lipinski definition) is 4. The Balaban J connectivity index is 1.55. The van der Waals surface area contributed by atoms with E-state index in [1.807, 2.05) is 6.92 Å². The summed E-state index contributed by atoms with van der Waals surface area (Å²) in [6.07, 6.45) is 4.88. The van der Waals surface area contributed by atoms with Crippen LogP contribution in [0.2, 0.25) is 0 Å². The second-order valence-corrected chi connectivity index (χ2v) is 6.49. The number of nitrogens with one attached hydrogen (secondary N) is 1. The standard InChI is InChI=1S/C17H22N2O4/c1-2-23-15-11-14(17(15)8-3-9-17)18-16(20)10-12-4-6-13(7-5-12)19(21)22/h4-7,14-15H,2-3,8-11H2,1H3,(H,18,20)/t14-,15-/m0/s1. The monoisotopic (exact) mass is 318 g/mol. The van der Waals surface area contributed by atoms with Gasteiger partial charge in [-0.15, -0.1) is 0 Å². The summed E-state index contributed by atoms with van der Waals surface area (Å²) < 4.78 is 5.79. The van der Waals surface area contributed by atoms with Crippen molar-refractivity contribution in [1.29, 1.82) is 0 Å². The molecule has 1 N–H and O–H groups in total. The van der Waals surface area contributed by atoms with Gasteiger partial charge in [0.25, 0.3) is 5.69 Å². The third kappa shape index (κ3) is 2.95. The van der Waals surface area contributed by atoms with Crippen LogP contribution in [0.25, 0.3) is 0 Å². The van der Waals surface area contributed by atoms with Gasteiger partial charge in [-0.2, -0.15) is 0 Å². The fourth-order valence-corrected chi connectivity index (χ4v) is 3.81. The van der Waals surface area contributed by atoms with Crippen molar-refractivity contribution >= 4 is 11.6 Å². The van der Waals surface area contributed by atoms with Gasteiger partial charge in [0.15, 0.2) is 0 Å². The molecule has 0 radical (unpaired) electrons. The van der Waals surface area contributed by atoms with Crippen LogP contribution in [0.4, 0.5) is 5.69 Å². The van der Waals surface area contributed by atoms with Crippen molar-refractivity contribution in [2.24, 2.45) is 5.41 Å². The Morgan fingerprint density at radius 3 is 2.61 bits per heavy atom. The number of rotatable bonds is 6. The summed E-state index contributed by atoms with van der Waals surface area (Å²) >= 11 is 0. The Hall–Kier alpha value is -1.95. The Morgan fingerprint density at radius 2 is 2.09 bits per heavy atom. The van der Waals surface area contributed by atoms with Gasteiger partial charge < -0.3 is 10.1 Å². The first-order valence-electron chi connectivity index (χ1n) is 8.19. The molecule has 124 valence electrons. The molecular weight excluding hydrogens is 296 g/mol. The number of amides is 1. The summed E-state index contributed by atoms with van der Waals surface area (Å²) in [7, 11) is 0. The Kier molecular flexibility index (Phi) is 4.35. The third-order valence-corrected chi connectivity index (χ3v) is 5.28. The number of carbonyl (C=O) groups is 1. The second kappa shape index (κ2) is 6.28. The number of nitro benzene ring substituents is 1. The highest BCUT2D eigenvalue weighted by Crippen LogP contribution is 2.57. The molecular formula is C17H22N2O4. The van der Waals surface area contributed by atoms with Crippen molar-refractivity contribution in [3.63, 3.8) is 0 Å². The van der Waals surface area contributed by atoms with E-state index in [1.165, 1.54) is 18.6 Å². The Labute approximate surface area is 135 Å². The van der Waals surface area contributed by atoms with Gasteiger partial charge in [0.2, 0.25) is 5.91 Å². The number of nitrogens with zero attached hydrogens (tertiary/aromatic N) is 1. The van der Waals surface area contributed by atoms with E-state index in [-0.39, 0.29) is 35.6 Å². The smallest absolute Gasteiger partial charge is 0.269 e. The van der Waals surface area contributed by atoms with Crippen molar-refractivity contribution in [2.45, 2.75) is 51.2 Å². The molecule has 1 aromatic carbocycles. The van der Waals surface area contributed by atoms with E-state index < -0.39 is 4.92 Å². The van der Waals surface area contributed by atoms with E-state index in [0.717, 1.165) is 31.4 Å². The van der Waals surface area contributed by atoms with Crippen LogP contribution >= 0.6 is 0 Å². The van der Waals surface area contributed by atoms with Crippen LogP contribution in [0.15, 0.2) is 24.3 Å². The lowest BCUT2D eigenvalue weighted by molar-refractivity contribution is -0.384. The molecule has 23 heavy (non-hydrogen) atoms. The van der Waals surface area contributed by atoms with Crippen LogP contribution in [-0.2, 0) is 16.0 Å². The molecule has 0 saturated heterocycles. The Bertz CT molecular complexity index is 595. The lowest BCUT2D eigenvalue weighted by Gasteiger charge is -2.61. The molecule has 2 aliphatic rings. The number of carbonyl (C=O) groups excluding carboxylic acids is 1. The van der Waals surface area contributed by atoms with E-state index in [2.05, 4.69) is 5.32 Å². The van der Waals surface area contributed by atoms with Gasteiger partial charge in [-0.3, -0.25) is 14.9 Å². The third-order valence-electron chi connectivity index (χ3n) is 5.28. The topological polar surface area (TPSA) is 81.5 Å². The number of nitro groups is 1. The molecule has 1 amide bonds. The zero-order valence-electron chi connectivity index (χ0n) is 13.3. The van der Waals surface area contributed by atoms with Gasteiger partial charge in [0.1, 0.15) is 0 Å². The van der Waals surface area contributed by atoms with Crippen LogP contribution < -0.4 is 5.32 Å². The van der Waals surface area contributed by atoms with Gasteiger partial charge in [0.05, 0.1) is 17.4 Å². The van der Waals surface area contributed by atoms with E-state index in [0.29, 0.717) is 0 Å². The Morgan fingerprint density at radius 1 is 1.39 bits per heavy atom. The van der Waals surface area contributed by atoms with Gasteiger partial charge in [0, 0.05) is 30.2 Å². The zero-order valence-corrected chi connectivity index (χ0v) is 13.3. The zero-order chi connectivity index (χ0) is 16.4. The van der Waals surface area contributed by atoms with Crippen LogP contribution in [0.1, 0.15) is 38.2 Å². The fourth-order valence-electron chi connectivity index (χ4n) is 3.81. The quantitative estimate of drug-likeness (QED) is 0.645. The lowest BCUT2D eigenvalue weighted by Crippen LogP contribution is -2.67. The lowest BCUT2D eigenvalue weighted by atomic mass is 9.51. The number of hydrogen-bond donors (Lipinski definition) is 1. The van der Waals surface area contributed by atoms with Crippen LogP contribution in [-0.4, -0.2) is 29.6 Å². The summed E-state index contributed by atoms with van der Waals surface area (Å²) in [4.78, 5) is 22.4. The van der Waals surface area contributed by atoms with Gasteiger partial charge in [-0.05, 0) is 31.7 Å². The summed E-state index contributed by atoms with van der Waals surface area (Å²) in [6.45, 7) is 2.72. The molecule has 2 aliphatic carbocycles. The molecule has 3 rings (SSSR count). The van der Waals surface area contributed by atoms with Crippen LogP contribution in [0.5, 0.6) is 0 Å². The summed E-state index contributed by atoms with van der Waals surface area (Å²) in [5.41, 5.74) is 0.985. The van der Waals surface area contributed by atoms with Gasteiger partial charge in [-0.1, -0.05) is 18.6 Å². The summed E-state index contributed by atoms with van der Waals surface area (Å²) in [5, 5.41) is 13.8. The van der Waals surface area contributed by atoms with Crippen molar-refractivity contribution in [3.8, 4) is 0 Å². The van der Waals surface area contributed by atoms with Crippen molar-refractivity contribution in [1.82, 2.24) is 5.32 Å². The molecule has 1 aromatic rings. The predicted molar refractivity (Wildman–Crippen MR) is 85.0 cm³/mol. The first-order chi connectivity index (χ1) is 11.0. The molecule has 2 saturated carbocycles. The highest BCUT2D eigenvalue weighted by molar-refractivity contribution is 5.79. The van der Waals surface area contributed by atoms with E-state index in [4.69, 9.17) is 4.74 Å². The maximum Gasteiger partial charge on any atom is 0.269 e. The molecule has 6 heteroatoms. The predicted octanol–water partition coefficient (Wildman–Crippen LogP) is 2.60. The molecule has 0 unspecified atom stereocenters. The molecule has 0 bridgehead atoms. The second-order valence-electron chi connectivity index (χ2n) is 6.49. The SMILES string of the molecule is CCO[C@H]1C[C@H](NC(=O)Cc2ccc([N+](=O)[O-])cc2)C12CCC2.